The molecule has 19 heavy (non-hydrogen) atoms. The Labute approximate surface area is 121 Å². The summed E-state index contributed by atoms with van der Waals surface area (Å²) < 4.78 is 27.8. The van der Waals surface area contributed by atoms with Crippen molar-refractivity contribution in [2.24, 2.45) is 0 Å². The van der Waals surface area contributed by atoms with Crippen molar-refractivity contribution in [1.29, 1.82) is 0 Å². The Morgan fingerprint density at radius 1 is 1.37 bits per heavy atom. The van der Waals surface area contributed by atoms with Gasteiger partial charge < -0.3 is 4.74 Å². The lowest BCUT2D eigenvalue weighted by atomic mass is 10.0. The van der Waals surface area contributed by atoms with E-state index in [1.807, 2.05) is 13.8 Å². The van der Waals surface area contributed by atoms with E-state index >= 15 is 0 Å². The van der Waals surface area contributed by atoms with E-state index in [0.717, 1.165) is 5.56 Å². The van der Waals surface area contributed by atoms with Gasteiger partial charge in [0.25, 0.3) is 0 Å². The second kappa shape index (κ2) is 5.98. The summed E-state index contributed by atoms with van der Waals surface area (Å²) >= 11 is 6.07. The lowest BCUT2D eigenvalue weighted by Gasteiger charge is -2.13. The van der Waals surface area contributed by atoms with Crippen molar-refractivity contribution in [3.63, 3.8) is 0 Å². The maximum Gasteiger partial charge on any atom is 0.427 e. The Hall–Kier alpha value is -0.980. The Kier molecular flexibility index (Phi) is 5.06. The van der Waals surface area contributed by atoms with Gasteiger partial charge in [0.05, 0.1) is 0 Å². The second-order valence-corrected chi connectivity index (χ2v) is 6.93. The molecule has 0 unspecified atom stereocenters. The predicted octanol–water partition coefficient (Wildman–Crippen LogP) is 3.34. The van der Waals surface area contributed by atoms with E-state index < -0.39 is 15.3 Å². The summed E-state index contributed by atoms with van der Waals surface area (Å²) in [6, 6.07) is 3.25. The fourth-order valence-corrected chi connectivity index (χ4v) is 2.31. The highest BCUT2D eigenvalue weighted by Crippen LogP contribution is 2.31. The molecule has 0 aliphatic carbocycles. The van der Waals surface area contributed by atoms with Crippen molar-refractivity contribution < 1.29 is 17.9 Å². The Morgan fingerprint density at radius 3 is 2.42 bits per heavy atom. The maximum atomic E-state index is 11.3. The van der Waals surface area contributed by atoms with Gasteiger partial charge in [0.1, 0.15) is 5.75 Å². The highest BCUT2D eigenvalue weighted by atomic mass is 35.7. The minimum Gasteiger partial charge on any atom is -0.409 e. The molecule has 0 bridgehead atoms. The lowest BCUT2D eigenvalue weighted by molar-refractivity contribution is 0.206. The predicted molar refractivity (Wildman–Crippen MR) is 74.2 cm³/mol. The van der Waals surface area contributed by atoms with Crippen molar-refractivity contribution in [3.05, 3.63) is 28.3 Å². The first-order chi connectivity index (χ1) is 8.60. The van der Waals surface area contributed by atoms with Crippen LogP contribution in [0.2, 0.25) is 5.02 Å². The average Bonchev–Trinajstić information content (AvgIpc) is 2.18. The summed E-state index contributed by atoms with van der Waals surface area (Å²) in [5.74, 6) is 0.362. The molecule has 0 radical (unpaired) electrons. The molecule has 8 heteroatoms. The first-order valence-electron chi connectivity index (χ1n) is 5.34. The van der Waals surface area contributed by atoms with Gasteiger partial charge in [0, 0.05) is 15.7 Å². The average molecular weight is 326 g/mol. The summed E-state index contributed by atoms with van der Waals surface area (Å²) in [5.41, 5.74) is 1.40. The van der Waals surface area contributed by atoms with Crippen LogP contribution < -0.4 is 9.46 Å². The number of nitrogens with one attached hydrogen (secondary N) is 1. The van der Waals surface area contributed by atoms with Crippen LogP contribution in [0.4, 0.5) is 4.79 Å². The van der Waals surface area contributed by atoms with Crippen LogP contribution in [0.1, 0.15) is 30.9 Å². The zero-order valence-corrected chi connectivity index (χ0v) is 12.9. The number of hydrogen-bond acceptors (Lipinski definition) is 4. The van der Waals surface area contributed by atoms with Gasteiger partial charge in [0.15, 0.2) is 0 Å². The standard InChI is InChI=1S/C11H13Cl2NO4S/c1-6(2)8-5-10(7(3)4-9(8)12)18-11(15)14-19(13,16)17/h4-6H,1-3H3,(H,14,15). The normalized spacial score (nSPS) is 11.5. The third kappa shape index (κ3) is 4.89. The molecule has 0 aliphatic rings. The van der Waals surface area contributed by atoms with Crippen LogP contribution in [0, 0.1) is 6.92 Å². The molecule has 0 saturated carbocycles. The third-order valence-corrected chi connectivity index (χ3v) is 3.29. The van der Waals surface area contributed by atoms with Gasteiger partial charge in [-0.1, -0.05) is 25.4 Å². The molecule has 1 aromatic carbocycles. The van der Waals surface area contributed by atoms with Crippen molar-refractivity contribution >= 4 is 37.6 Å². The molecule has 1 N–H and O–H groups in total. The summed E-state index contributed by atoms with van der Waals surface area (Å²) in [6.07, 6.45) is -1.17. The van der Waals surface area contributed by atoms with Gasteiger partial charge in [-0.15, -0.1) is 0 Å². The first-order valence-corrected chi connectivity index (χ1v) is 8.03. The zero-order valence-electron chi connectivity index (χ0n) is 10.5. The smallest absolute Gasteiger partial charge is 0.409 e. The molecular formula is C11H13Cl2NO4S. The van der Waals surface area contributed by atoms with Crippen molar-refractivity contribution in [2.45, 2.75) is 26.7 Å². The van der Waals surface area contributed by atoms with Gasteiger partial charge >= 0.3 is 15.3 Å². The van der Waals surface area contributed by atoms with Crippen LogP contribution in [-0.2, 0) is 9.24 Å². The van der Waals surface area contributed by atoms with E-state index in [0.29, 0.717) is 10.6 Å². The summed E-state index contributed by atoms with van der Waals surface area (Å²) in [4.78, 5) is 11.3. The van der Waals surface area contributed by atoms with E-state index in [1.54, 1.807) is 19.1 Å². The number of aryl methyl sites for hydroxylation is 1. The summed E-state index contributed by atoms with van der Waals surface area (Å²) in [6.45, 7) is 5.56. The van der Waals surface area contributed by atoms with Gasteiger partial charge in [-0.25, -0.2) is 9.52 Å². The van der Waals surface area contributed by atoms with E-state index in [9.17, 15) is 13.2 Å². The van der Waals surface area contributed by atoms with Crippen molar-refractivity contribution in [2.75, 3.05) is 0 Å². The fraction of sp³-hybridized carbons (Fsp3) is 0.364. The van der Waals surface area contributed by atoms with Gasteiger partial charge in [0.2, 0.25) is 0 Å². The number of benzene rings is 1. The molecular weight excluding hydrogens is 313 g/mol. The minimum atomic E-state index is -4.17. The molecule has 0 fully saturated rings. The Bertz CT molecular complexity index is 599. The van der Waals surface area contributed by atoms with Crippen LogP contribution in [0.5, 0.6) is 5.75 Å². The molecule has 0 heterocycles. The topological polar surface area (TPSA) is 72.5 Å². The number of rotatable bonds is 3. The van der Waals surface area contributed by atoms with E-state index in [2.05, 4.69) is 0 Å². The number of carbonyl (C=O) groups is 1. The van der Waals surface area contributed by atoms with Crippen LogP contribution >= 0.6 is 22.3 Å². The van der Waals surface area contributed by atoms with E-state index in [1.165, 1.54) is 4.72 Å². The molecule has 0 saturated heterocycles. The number of halogens is 2. The monoisotopic (exact) mass is 325 g/mol. The maximum absolute atomic E-state index is 11.3. The Morgan fingerprint density at radius 2 is 1.95 bits per heavy atom. The van der Waals surface area contributed by atoms with Crippen LogP contribution in [0.15, 0.2) is 12.1 Å². The highest BCUT2D eigenvalue weighted by Gasteiger charge is 2.16. The van der Waals surface area contributed by atoms with Gasteiger partial charge in [-0.2, -0.15) is 8.42 Å². The highest BCUT2D eigenvalue weighted by molar-refractivity contribution is 8.12. The fourth-order valence-electron chi connectivity index (χ4n) is 1.44. The minimum absolute atomic E-state index is 0.135. The van der Waals surface area contributed by atoms with Gasteiger partial charge in [-0.3, -0.25) is 0 Å². The molecule has 1 rings (SSSR count). The Balaban J connectivity index is 3.02. The molecule has 106 valence electrons. The first kappa shape index (κ1) is 16.1. The van der Waals surface area contributed by atoms with E-state index in [4.69, 9.17) is 27.0 Å². The van der Waals surface area contributed by atoms with Crippen LogP contribution in [-0.4, -0.2) is 14.5 Å². The molecule has 1 amide bonds. The quantitative estimate of drug-likeness (QED) is 0.865. The number of hydrogen-bond donors (Lipinski definition) is 1. The molecule has 1 aromatic rings. The second-order valence-electron chi connectivity index (χ2n) is 4.22. The van der Waals surface area contributed by atoms with Crippen LogP contribution in [0.25, 0.3) is 0 Å². The largest absolute Gasteiger partial charge is 0.427 e. The molecule has 0 aromatic heterocycles. The summed E-state index contributed by atoms with van der Waals surface area (Å²) in [7, 11) is 0.711. The van der Waals surface area contributed by atoms with Gasteiger partial charge in [-0.05, 0) is 36.1 Å². The van der Waals surface area contributed by atoms with E-state index in [-0.39, 0.29) is 11.7 Å². The molecule has 0 aliphatic heterocycles. The SMILES string of the molecule is Cc1cc(Cl)c(C(C)C)cc1OC(=O)NS(=O)(=O)Cl. The molecule has 0 atom stereocenters. The zero-order chi connectivity index (χ0) is 14.8. The number of amides is 1. The number of carbonyl (C=O) groups excluding carboxylic acids is 1. The van der Waals surface area contributed by atoms with Crippen molar-refractivity contribution in [1.82, 2.24) is 4.72 Å². The molecule has 5 nitrogen and oxygen atoms in total. The third-order valence-electron chi connectivity index (χ3n) is 2.32. The van der Waals surface area contributed by atoms with Crippen molar-refractivity contribution in [3.8, 4) is 5.75 Å². The number of ether oxygens (including phenoxy) is 1. The summed E-state index contributed by atoms with van der Waals surface area (Å²) in [5, 5.41) is 0.560. The molecule has 0 spiro atoms. The lowest BCUT2D eigenvalue weighted by Crippen LogP contribution is -2.29. The van der Waals surface area contributed by atoms with Crippen LogP contribution in [0.3, 0.4) is 0 Å².